The molecule has 5 nitrogen and oxygen atoms in total. The number of hydrogen-bond donors (Lipinski definition) is 1. The van der Waals surface area contributed by atoms with Crippen molar-refractivity contribution in [2.24, 2.45) is 5.92 Å². The Bertz CT molecular complexity index is 406. The molecule has 0 aliphatic carbocycles. The molecule has 1 heterocycles. The third kappa shape index (κ3) is 5.47. The van der Waals surface area contributed by atoms with Crippen LogP contribution in [0.5, 0.6) is 0 Å². The van der Waals surface area contributed by atoms with E-state index in [1.165, 1.54) is 0 Å². The fourth-order valence-corrected chi connectivity index (χ4v) is 2.07. The smallest absolute Gasteiger partial charge is 0.408 e. The highest BCUT2D eigenvalue weighted by atomic mass is 19.3. The number of rotatable bonds is 3. The molecule has 1 unspecified atom stereocenters. The second-order valence-electron chi connectivity index (χ2n) is 6.73. The van der Waals surface area contributed by atoms with Crippen molar-refractivity contribution in [3.05, 3.63) is 0 Å². The molecule has 1 saturated heterocycles. The van der Waals surface area contributed by atoms with E-state index in [2.05, 4.69) is 5.32 Å². The first-order chi connectivity index (χ1) is 9.41. The lowest BCUT2D eigenvalue weighted by Gasteiger charge is -2.28. The number of amides is 2. The van der Waals surface area contributed by atoms with Crippen molar-refractivity contribution in [1.29, 1.82) is 0 Å². The Morgan fingerprint density at radius 1 is 1.29 bits per heavy atom. The van der Waals surface area contributed by atoms with Crippen LogP contribution in [0.15, 0.2) is 0 Å². The van der Waals surface area contributed by atoms with E-state index < -0.39 is 36.1 Å². The molecule has 1 rings (SSSR count). The van der Waals surface area contributed by atoms with Gasteiger partial charge in [0.25, 0.3) is 5.92 Å². The molecule has 0 aromatic carbocycles. The van der Waals surface area contributed by atoms with E-state index in [1.54, 1.807) is 34.6 Å². The first-order valence-corrected chi connectivity index (χ1v) is 7.07. The zero-order chi connectivity index (χ0) is 16.4. The quantitative estimate of drug-likeness (QED) is 0.871. The van der Waals surface area contributed by atoms with Crippen molar-refractivity contribution in [1.82, 2.24) is 10.2 Å². The number of halogens is 2. The third-order valence-electron chi connectivity index (χ3n) is 3.09. The largest absolute Gasteiger partial charge is 0.444 e. The average Bonchev–Trinajstić information content (AvgIpc) is 2.63. The molecule has 1 aliphatic heterocycles. The van der Waals surface area contributed by atoms with Crippen molar-refractivity contribution in [2.45, 2.75) is 58.6 Å². The molecule has 0 aromatic rings. The Hall–Kier alpha value is -1.40. The number of hydrogen-bond acceptors (Lipinski definition) is 3. The molecule has 2 amide bonds. The lowest BCUT2D eigenvalue weighted by Crippen LogP contribution is -2.52. The molecule has 0 aromatic heterocycles. The van der Waals surface area contributed by atoms with Gasteiger partial charge >= 0.3 is 6.09 Å². The van der Waals surface area contributed by atoms with Gasteiger partial charge in [-0.3, -0.25) is 4.79 Å². The Morgan fingerprint density at radius 2 is 1.86 bits per heavy atom. The van der Waals surface area contributed by atoms with Gasteiger partial charge in [0.1, 0.15) is 11.6 Å². The predicted octanol–water partition coefficient (Wildman–Crippen LogP) is 2.40. The Balaban J connectivity index is 2.69. The normalized spacial score (nSPS) is 19.5. The van der Waals surface area contributed by atoms with Crippen LogP contribution in [0.1, 0.15) is 41.0 Å². The van der Waals surface area contributed by atoms with E-state index in [-0.39, 0.29) is 18.9 Å². The van der Waals surface area contributed by atoms with Crippen molar-refractivity contribution < 1.29 is 23.1 Å². The molecular weight excluding hydrogens is 282 g/mol. The molecule has 7 heteroatoms. The van der Waals surface area contributed by atoms with Gasteiger partial charge in [0, 0.05) is 13.0 Å². The fraction of sp³-hybridized carbons (Fsp3) is 0.857. The summed E-state index contributed by atoms with van der Waals surface area (Å²) >= 11 is 0. The summed E-state index contributed by atoms with van der Waals surface area (Å²) in [6.07, 6.45) is -1.06. The topological polar surface area (TPSA) is 58.6 Å². The molecule has 0 spiro atoms. The molecule has 21 heavy (non-hydrogen) atoms. The highest BCUT2D eigenvalue weighted by Gasteiger charge is 2.42. The van der Waals surface area contributed by atoms with E-state index in [1.807, 2.05) is 0 Å². The molecule has 1 fully saturated rings. The highest BCUT2D eigenvalue weighted by molar-refractivity contribution is 5.86. The van der Waals surface area contributed by atoms with Gasteiger partial charge in [-0.15, -0.1) is 0 Å². The summed E-state index contributed by atoms with van der Waals surface area (Å²) in [5.74, 6) is -3.56. The Morgan fingerprint density at radius 3 is 2.24 bits per heavy atom. The van der Waals surface area contributed by atoms with Gasteiger partial charge in [-0.2, -0.15) is 0 Å². The standard InChI is InChI=1S/C14H24F2N2O3/c1-9(2)10(17-12(20)21-13(3,4)5)11(19)18-7-6-14(15,16)8-18/h9-10H,6-8H2,1-5H3,(H,17,20). The molecule has 0 bridgehead atoms. The van der Waals surface area contributed by atoms with Gasteiger partial charge in [0.15, 0.2) is 0 Å². The highest BCUT2D eigenvalue weighted by Crippen LogP contribution is 2.27. The van der Waals surface area contributed by atoms with Crippen molar-refractivity contribution >= 4 is 12.0 Å². The van der Waals surface area contributed by atoms with E-state index in [0.717, 1.165) is 4.90 Å². The van der Waals surface area contributed by atoms with E-state index in [4.69, 9.17) is 4.74 Å². The summed E-state index contributed by atoms with van der Waals surface area (Å²) in [5, 5.41) is 2.48. The SMILES string of the molecule is CC(C)C(NC(=O)OC(C)(C)C)C(=O)N1CCC(F)(F)C1. The number of carbonyl (C=O) groups is 2. The number of alkyl halides is 2. The minimum Gasteiger partial charge on any atom is -0.444 e. The number of likely N-dealkylation sites (tertiary alicyclic amines) is 1. The zero-order valence-electron chi connectivity index (χ0n) is 13.2. The number of carbonyl (C=O) groups excluding carboxylic acids is 2. The number of nitrogens with zero attached hydrogens (tertiary/aromatic N) is 1. The number of ether oxygens (including phenoxy) is 1. The maximum atomic E-state index is 13.2. The fourth-order valence-electron chi connectivity index (χ4n) is 2.07. The summed E-state index contributed by atoms with van der Waals surface area (Å²) < 4.78 is 31.5. The first-order valence-electron chi connectivity index (χ1n) is 7.07. The van der Waals surface area contributed by atoms with Gasteiger partial charge < -0.3 is 15.0 Å². The summed E-state index contributed by atoms with van der Waals surface area (Å²) in [7, 11) is 0. The van der Waals surface area contributed by atoms with Gasteiger partial charge in [-0.05, 0) is 26.7 Å². The van der Waals surface area contributed by atoms with Gasteiger partial charge in [-0.1, -0.05) is 13.8 Å². The van der Waals surface area contributed by atoms with Gasteiger partial charge in [-0.25, -0.2) is 13.6 Å². The maximum absolute atomic E-state index is 13.2. The van der Waals surface area contributed by atoms with Crippen LogP contribution in [-0.4, -0.2) is 47.6 Å². The molecule has 0 radical (unpaired) electrons. The summed E-state index contributed by atoms with van der Waals surface area (Å²) in [5.41, 5.74) is -0.685. The van der Waals surface area contributed by atoms with Gasteiger partial charge in [0.2, 0.25) is 5.91 Å². The van der Waals surface area contributed by atoms with Crippen LogP contribution in [0, 0.1) is 5.92 Å². The van der Waals surface area contributed by atoms with Crippen LogP contribution in [-0.2, 0) is 9.53 Å². The Kier molecular flexibility index (Phi) is 5.17. The number of alkyl carbamates (subject to hydrolysis) is 1. The van der Waals surface area contributed by atoms with Crippen LogP contribution in [0.4, 0.5) is 13.6 Å². The molecular formula is C14H24F2N2O3. The second kappa shape index (κ2) is 6.15. The molecule has 1 atom stereocenters. The van der Waals surface area contributed by atoms with Gasteiger partial charge in [0.05, 0.1) is 6.54 Å². The van der Waals surface area contributed by atoms with E-state index in [9.17, 15) is 18.4 Å². The summed E-state index contributed by atoms with van der Waals surface area (Å²) in [6, 6.07) is -0.867. The molecule has 0 saturated carbocycles. The van der Waals surface area contributed by atoms with Crippen LogP contribution >= 0.6 is 0 Å². The van der Waals surface area contributed by atoms with Crippen molar-refractivity contribution in [3.63, 3.8) is 0 Å². The lowest BCUT2D eigenvalue weighted by molar-refractivity contribution is -0.135. The number of nitrogens with one attached hydrogen (secondary N) is 1. The van der Waals surface area contributed by atoms with Crippen molar-refractivity contribution in [2.75, 3.05) is 13.1 Å². The van der Waals surface area contributed by atoms with E-state index in [0.29, 0.717) is 0 Å². The van der Waals surface area contributed by atoms with Crippen LogP contribution < -0.4 is 5.32 Å². The zero-order valence-corrected chi connectivity index (χ0v) is 13.2. The van der Waals surface area contributed by atoms with Crippen LogP contribution in [0.2, 0.25) is 0 Å². The summed E-state index contributed by atoms with van der Waals surface area (Å²) in [4.78, 5) is 25.2. The minimum absolute atomic E-state index is 0.00501. The van der Waals surface area contributed by atoms with Crippen LogP contribution in [0.25, 0.3) is 0 Å². The first kappa shape index (κ1) is 17.7. The third-order valence-corrected chi connectivity index (χ3v) is 3.09. The van der Waals surface area contributed by atoms with Crippen molar-refractivity contribution in [3.8, 4) is 0 Å². The van der Waals surface area contributed by atoms with E-state index >= 15 is 0 Å². The predicted molar refractivity (Wildman–Crippen MR) is 74.1 cm³/mol. The minimum atomic E-state index is -2.84. The average molecular weight is 306 g/mol. The summed E-state index contributed by atoms with van der Waals surface area (Å²) in [6.45, 7) is 8.03. The maximum Gasteiger partial charge on any atom is 0.408 e. The molecule has 1 aliphatic rings. The monoisotopic (exact) mass is 306 g/mol. The van der Waals surface area contributed by atoms with Crippen LogP contribution in [0.3, 0.4) is 0 Å². The molecule has 1 N–H and O–H groups in total. The molecule has 122 valence electrons. The Labute approximate surface area is 124 Å². The lowest BCUT2D eigenvalue weighted by atomic mass is 10.0. The second-order valence-corrected chi connectivity index (χ2v) is 6.73.